The highest BCUT2D eigenvalue weighted by atomic mass is 16.6. The molecule has 6 nitrogen and oxygen atoms in total. The third kappa shape index (κ3) is 6.08. The van der Waals surface area contributed by atoms with Gasteiger partial charge < -0.3 is 14.4 Å². The lowest BCUT2D eigenvalue weighted by Crippen LogP contribution is -2.39. The zero-order valence-corrected chi connectivity index (χ0v) is 22.1. The lowest BCUT2D eigenvalue weighted by atomic mass is 10.1. The number of amides is 1. The van der Waals surface area contributed by atoms with Crippen LogP contribution < -0.4 is 15.0 Å². The number of hydrogen-bond acceptors (Lipinski definition) is 5. The van der Waals surface area contributed by atoms with Gasteiger partial charge in [-0.25, -0.2) is 4.79 Å². The highest BCUT2D eigenvalue weighted by Crippen LogP contribution is 2.40. The van der Waals surface area contributed by atoms with Gasteiger partial charge in [0.2, 0.25) is 0 Å². The molecular formula is C31H37N3O3. The quantitative estimate of drug-likeness (QED) is 0.406. The Balaban J connectivity index is 1.30. The van der Waals surface area contributed by atoms with E-state index in [-0.39, 0.29) is 0 Å². The third-order valence-corrected chi connectivity index (χ3v) is 7.04. The van der Waals surface area contributed by atoms with Gasteiger partial charge in [0.1, 0.15) is 18.0 Å². The summed E-state index contributed by atoms with van der Waals surface area (Å²) in [6.45, 7) is 9.14. The summed E-state index contributed by atoms with van der Waals surface area (Å²) in [5.41, 5.74) is 4.98. The fourth-order valence-corrected chi connectivity index (χ4v) is 5.33. The largest absolute Gasteiger partial charge is 0.487 e. The van der Waals surface area contributed by atoms with Crippen molar-refractivity contribution < 1.29 is 14.3 Å². The number of ether oxygens (including phenoxy) is 2. The molecule has 5 rings (SSSR count). The standard InChI is InChI=1S/C31H37N3O3/c1-31(2,3)37-30(35)32-26-14-6-4-11-23(26)18-20-33-19-10-13-25(33)21-34-27-15-7-5-12-24(27)22-36-29-17-9-8-16-28(29)34/h4-9,11-12,14-17,25H,10,13,18-22H2,1-3H3,(H,32,35)/t25-/m0/s1. The molecule has 2 aliphatic rings. The molecule has 0 saturated carbocycles. The van der Waals surface area contributed by atoms with Crippen LogP contribution in [0.25, 0.3) is 0 Å². The summed E-state index contributed by atoms with van der Waals surface area (Å²) in [6, 6.07) is 25.4. The van der Waals surface area contributed by atoms with E-state index in [1.807, 2.05) is 45.0 Å². The van der Waals surface area contributed by atoms with Crippen molar-refractivity contribution in [1.82, 2.24) is 4.90 Å². The first-order valence-corrected chi connectivity index (χ1v) is 13.3. The van der Waals surface area contributed by atoms with Gasteiger partial charge in [-0.3, -0.25) is 10.2 Å². The van der Waals surface area contributed by atoms with Gasteiger partial charge in [0.25, 0.3) is 0 Å². The normalized spacial score (nSPS) is 17.4. The van der Waals surface area contributed by atoms with E-state index in [4.69, 9.17) is 9.47 Å². The minimum Gasteiger partial charge on any atom is -0.487 e. The predicted octanol–water partition coefficient (Wildman–Crippen LogP) is 6.77. The highest BCUT2D eigenvalue weighted by Gasteiger charge is 2.30. The summed E-state index contributed by atoms with van der Waals surface area (Å²) in [5.74, 6) is 0.936. The van der Waals surface area contributed by atoms with E-state index in [9.17, 15) is 4.79 Å². The summed E-state index contributed by atoms with van der Waals surface area (Å²) in [6.07, 6.45) is 2.80. The van der Waals surface area contributed by atoms with E-state index < -0.39 is 11.7 Å². The lowest BCUT2D eigenvalue weighted by molar-refractivity contribution is 0.0635. The van der Waals surface area contributed by atoms with E-state index in [2.05, 4.69) is 63.6 Å². The number of para-hydroxylation sites is 4. The van der Waals surface area contributed by atoms with E-state index in [0.29, 0.717) is 12.6 Å². The zero-order chi connectivity index (χ0) is 25.8. The molecule has 0 spiro atoms. The number of carbonyl (C=O) groups is 1. The Morgan fingerprint density at radius 2 is 1.73 bits per heavy atom. The van der Waals surface area contributed by atoms with Gasteiger partial charge in [0, 0.05) is 36.1 Å². The van der Waals surface area contributed by atoms with Gasteiger partial charge in [-0.05, 0) is 76.4 Å². The molecule has 0 radical (unpaired) electrons. The molecule has 3 aromatic rings. The second-order valence-corrected chi connectivity index (χ2v) is 10.9. The lowest BCUT2D eigenvalue weighted by Gasteiger charge is -2.33. The maximum absolute atomic E-state index is 12.4. The molecule has 194 valence electrons. The van der Waals surface area contributed by atoms with Crippen molar-refractivity contribution in [3.05, 3.63) is 83.9 Å². The van der Waals surface area contributed by atoms with Crippen molar-refractivity contribution >= 4 is 23.2 Å². The number of likely N-dealkylation sites (tertiary alicyclic amines) is 1. The Morgan fingerprint density at radius 3 is 2.57 bits per heavy atom. The first-order valence-electron chi connectivity index (χ1n) is 13.3. The molecule has 1 N–H and O–H groups in total. The predicted molar refractivity (Wildman–Crippen MR) is 149 cm³/mol. The van der Waals surface area contributed by atoms with Crippen LogP contribution in [0.2, 0.25) is 0 Å². The maximum Gasteiger partial charge on any atom is 0.412 e. The summed E-state index contributed by atoms with van der Waals surface area (Å²) in [7, 11) is 0. The van der Waals surface area contributed by atoms with Crippen molar-refractivity contribution in [1.29, 1.82) is 0 Å². The van der Waals surface area contributed by atoms with Crippen LogP contribution in [0.15, 0.2) is 72.8 Å². The summed E-state index contributed by atoms with van der Waals surface area (Å²) in [5, 5.41) is 2.95. The second-order valence-electron chi connectivity index (χ2n) is 10.9. The van der Waals surface area contributed by atoms with Crippen LogP contribution in [0, 0.1) is 0 Å². The summed E-state index contributed by atoms with van der Waals surface area (Å²) >= 11 is 0. The van der Waals surface area contributed by atoms with E-state index in [1.165, 1.54) is 24.1 Å². The van der Waals surface area contributed by atoms with Gasteiger partial charge in [-0.1, -0.05) is 48.5 Å². The fourth-order valence-electron chi connectivity index (χ4n) is 5.33. The van der Waals surface area contributed by atoms with Gasteiger partial charge >= 0.3 is 6.09 Å². The SMILES string of the molecule is CC(C)(C)OC(=O)Nc1ccccc1CCN1CCC[C@H]1CN1c2ccccc2COc2ccccc21. The molecule has 1 fully saturated rings. The van der Waals surface area contributed by atoms with Crippen molar-refractivity contribution in [3.8, 4) is 5.75 Å². The number of rotatable bonds is 6. The van der Waals surface area contributed by atoms with E-state index >= 15 is 0 Å². The van der Waals surface area contributed by atoms with Crippen LogP contribution in [0.5, 0.6) is 5.75 Å². The van der Waals surface area contributed by atoms with Gasteiger partial charge in [-0.2, -0.15) is 0 Å². The van der Waals surface area contributed by atoms with Gasteiger partial charge in [0.05, 0.1) is 5.69 Å². The number of fused-ring (bicyclic) bond motifs is 2. The van der Waals surface area contributed by atoms with Crippen molar-refractivity contribution in [2.45, 2.75) is 58.3 Å². The average Bonchev–Trinajstić information content (AvgIpc) is 3.25. The number of nitrogens with zero attached hydrogens (tertiary/aromatic N) is 2. The number of anilines is 3. The molecular weight excluding hydrogens is 462 g/mol. The highest BCUT2D eigenvalue weighted by molar-refractivity contribution is 5.86. The van der Waals surface area contributed by atoms with Crippen LogP contribution in [-0.4, -0.2) is 42.3 Å². The van der Waals surface area contributed by atoms with Crippen LogP contribution in [0.1, 0.15) is 44.7 Å². The Kier molecular flexibility index (Phi) is 7.38. The van der Waals surface area contributed by atoms with Crippen LogP contribution in [-0.2, 0) is 17.8 Å². The van der Waals surface area contributed by atoms with Crippen molar-refractivity contribution in [2.24, 2.45) is 0 Å². The van der Waals surface area contributed by atoms with Crippen molar-refractivity contribution in [2.75, 3.05) is 29.9 Å². The molecule has 0 bridgehead atoms. The molecule has 0 unspecified atom stereocenters. The first-order chi connectivity index (χ1) is 17.9. The Bertz CT molecular complexity index is 1190. The average molecular weight is 500 g/mol. The molecule has 2 heterocycles. The number of nitrogens with one attached hydrogen (secondary N) is 1. The van der Waals surface area contributed by atoms with Crippen LogP contribution >= 0.6 is 0 Å². The van der Waals surface area contributed by atoms with Gasteiger partial charge in [0.15, 0.2) is 0 Å². The molecule has 37 heavy (non-hydrogen) atoms. The minimum atomic E-state index is -0.530. The summed E-state index contributed by atoms with van der Waals surface area (Å²) < 4.78 is 11.6. The van der Waals surface area contributed by atoms with Crippen LogP contribution in [0.4, 0.5) is 21.9 Å². The smallest absolute Gasteiger partial charge is 0.412 e. The Hall–Kier alpha value is -3.51. The van der Waals surface area contributed by atoms with Gasteiger partial charge in [-0.15, -0.1) is 0 Å². The molecule has 1 amide bonds. The fraction of sp³-hybridized carbons (Fsp3) is 0.387. The number of carbonyl (C=O) groups excluding carboxylic acids is 1. The zero-order valence-electron chi connectivity index (χ0n) is 22.1. The first kappa shape index (κ1) is 25.2. The molecule has 6 heteroatoms. The molecule has 0 aliphatic carbocycles. The number of hydrogen-bond donors (Lipinski definition) is 1. The number of benzene rings is 3. The van der Waals surface area contributed by atoms with Crippen LogP contribution in [0.3, 0.4) is 0 Å². The molecule has 1 saturated heterocycles. The monoisotopic (exact) mass is 499 g/mol. The van der Waals surface area contributed by atoms with E-state index in [0.717, 1.165) is 48.7 Å². The van der Waals surface area contributed by atoms with Crippen molar-refractivity contribution in [3.63, 3.8) is 0 Å². The molecule has 3 aromatic carbocycles. The molecule has 1 atom stereocenters. The summed E-state index contributed by atoms with van der Waals surface area (Å²) in [4.78, 5) is 17.4. The minimum absolute atomic E-state index is 0.417. The third-order valence-electron chi connectivity index (χ3n) is 7.04. The topological polar surface area (TPSA) is 54.0 Å². The Labute approximate surface area is 220 Å². The second kappa shape index (κ2) is 10.9. The Morgan fingerprint density at radius 1 is 1.00 bits per heavy atom. The van der Waals surface area contributed by atoms with E-state index in [1.54, 1.807) is 0 Å². The molecule has 0 aromatic heterocycles. The molecule has 2 aliphatic heterocycles. The maximum atomic E-state index is 12.4.